The SMILES string of the molecule is C=N/C=C(Cl)\C(=C/C)c1nn(C(C)C(=O)NCC2CC2)c(=O)n1-c1ccc(C(F)(F)F)cc1. The number of hydrogen-bond acceptors (Lipinski definition) is 4. The molecule has 1 aliphatic carbocycles. The molecule has 1 N–H and O–H groups in total. The van der Waals surface area contributed by atoms with Crippen molar-refractivity contribution in [3.63, 3.8) is 0 Å². The Morgan fingerprint density at radius 2 is 2.00 bits per heavy atom. The van der Waals surface area contributed by atoms with Crippen LogP contribution in [0.15, 0.2) is 51.4 Å². The van der Waals surface area contributed by atoms with E-state index in [0.29, 0.717) is 18.0 Å². The largest absolute Gasteiger partial charge is 0.416 e. The molecule has 1 atom stereocenters. The van der Waals surface area contributed by atoms with Gasteiger partial charge in [0, 0.05) is 18.3 Å². The molecule has 33 heavy (non-hydrogen) atoms. The Kier molecular flexibility index (Phi) is 7.26. The summed E-state index contributed by atoms with van der Waals surface area (Å²) in [6.07, 6.45) is 0.404. The fourth-order valence-corrected chi connectivity index (χ4v) is 3.45. The predicted molar refractivity (Wildman–Crippen MR) is 120 cm³/mol. The Balaban J connectivity index is 2.11. The lowest BCUT2D eigenvalue weighted by Crippen LogP contribution is -2.37. The molecule has 1 fully saturated rings. The van der Waals surface area contributed by atoms with Crippen molar-refractivity contribution in [1.29, 1.82) is 0 Å². The summed E-state index contributed by atoms with van der Waals surface area (Å²) in [5, 5.41) is 7.24. The van der Waals surface area contributed by atoms with Gasteiger partial charge in [0.1, 0.15) is 6.04 Å². The molecular weight excluding hydrogens is 459 g/mol. The number of carbonyl (C=O) groups is 1. The van der Waals surface area contributed by atoms with Crippen molar-refractivity contribution >= 4 is 29.8 Å². The molecule has 1 amide bonds. The molecule has 2 aromatic rings. The highest BCUT2D eigenvalue weighted by Gasteiger charge is 2.31. The van der Waals surface area contributed by atoms with Gasteiger partial charge in [0.15, 0.2) is 5.82 Å². The Bertz CT molecular complexity index is 1160. The van der Waals surface area contributed by atoms with Crippen molar-refractivity contribution in [3.05, 3.63) is 63.4 Å². The third kappa shape index (κ3) is 5.44. The number of alkyl halides is 3. The Morgan fingerprint density at radius 1 is 1.36 bits per heavy atom. The molecule has 11 heteroatoms. The smallest absolute Gasteiger partial charge is 0.354 e. The molecule has 3 rings (SSSR count). The van der Waals surface area contributed by atoms with E-state index < -0.39 is 23.5 Å². The molecule has 0 radical (unpaired) electrons. The predicted octanol–water partition coefficient (Wildman–Crippen LogP) is 4.32. The van der Waals surface area contributed by atoms with Gasteiger partial charge in [-0.15, -0.1) is 5.10 Å². The van der Waals surface area contributed by atoms with E-state index in [9.17, 15) is 22.8 Å². The number of carbonyl (C=O) groups excluding carboxylic acids is 1. The molecular formula is C22H23ClF3N5O2. The second-order valence-corrected chi connectivity index (χ2v) is 8.06. The number of halogens is 4. The number of aliphatic imine (C=N–C) groups is 1. The zero-order valence-corrected chi connectivity index (χ0v) is 18.8. The average Bonchev–Trinajstić information content (AvgIpc) is 3.54. The zero-order valence-electron chi connectivity index (χ0n) is 18.1. The minimum absolute atomic E-state index is 0.0500. The van der Waals surface area contributed by atoms with Crippen LogP contribution in [0.5, 0.6) is 0 Å². The van der Waals surface area contributed by atoms with Crippen LogP contribution in [0.25, 0.3) is 11.3 Å². The van der Waals surface area contributed by atoms with Crippen molar-refractivity contribution in [3.8, 4) is 5.69 Å². The van der Waals surface area contributed by atoms with Crippen LogP contribution >= 0.6 is 11.6 Å². The first-order valence-corrected chi connectivity index (χ1v) is 10.6. The van der Waals surface area contributed by atoms with Gasteiger partial charge in [0.05, 0.1) is 16.3 Å². The van der Waals surface area contributed by atoms with Gasteiger partial charge < -0.3 is 5.32 Å². The number of allylic oxidation sites excluding steroid dienone is 3. The monoisotopic (exact) mass is 481 g/mol. The van der Waals surface area contributed by atoms with Gasteiger partial charge in [0.25, 0.3) is 0 Å². The quantitative estimate of drug-likeness (QED) is 0.450. The Morgan fingerprint density at radius 3 is 2.52 bits per heavy atom. The van der Waals surface area contributed by atoms with E-state index in [0.717, 1.165) is 46.4 Å². The van der Waals surface area contributed by atoms with Crippen LogP contribution in [-0.2, 0) is 11.0 Å². The lowest BCUT2D eigenvalue weighted by molar-refractivity contribution is -0.137. The first kappa shape index (κ1) is 24.5. The highest BCUT2D eigenvalue weighted by atomic mass is 35.5. The van der Waals surface area contributed by atoms with Crippen LogP contribution in [-0.4, -0.2) is 33.5 Å². The third-order valence-corrected chi connectivity index (χ3v) is 5.56. The Labute approximate surface area is 193 Å². The van der Waals surface area contributed by atoms with E-state index >= 15 is 0 Å². The molecule has 176 valence electrons. The van der Waals surface area contributed by atoms with Gasteiger partial charge >= 0.3 is 11.9 Å². The maximum Gasteiger partial charge on any atom is 0.416 e. The maximum absolute atomic E-state index is 13.3. The average molecular weight is 482 g/mol. The molecule has 1 saturated carbocycles. The molecule has 1 aromatic carbocycles. The number of aromatic nitrogens is 3. The highest BCUT2D eigenvalue weighted by molar-refractivity contribution is 6.36. The molecule has 0 aliphatic heterocycles. The van der Waals surface area contributed by atoms with Crippen LogP contribution in [0.4, 0.5) is 13.2 Å². The van der Waals surface area contributed by atoms with Crippen molar-refractivity contribution in [2.75, 3.05) is 6.54 Å². The van der Waals surface area contributed by atoms with Crippen molar-refractivity contribution in [1.82, 2.24) is 19.7 Å². The Hall–Kier alpha value is -3.14. The van der Waals surface area contributed by atoms with E-state index in [1.165, 1.54) is 13.1 Å². The second kappa shape index (κ2) is 9.78. The highest BCUT2D eigenvalue weighted by Crippen LogP contribution is 2.31. The standard InChI is InChI=1S/C22H23ClF3N5O2/c1-4-17(18(23)12-27-3)19-29-31(13(2)20(32)28-11-14-5-6-14)21(33)30(19)16-9-7-15(8-10-16)22(24,25)26/h4,7-10,12-14H,3,5-6,11H2,1-2H3,(H,28,32)/b17-4+,18-12+. The summed E-state index contributed by atoms with van der Waals surface area (Å²) in [6, 6.07) is 3.10. The molecule has 0 bridgehead atoms. The number of benzene rings is 1. The maximum atomic E-state index is 13.3. The first-order chi connectivity index (χ1) is 15.6. The zero-order chi connectivity index (χ0) is 24.3. The van der Waals surface area contributed by atoms with Gasteiger partial charge in [0.2, 0.25) is 5.91 Å². The van der Waals surface area contributed by atoms with Gasteiger partial charge in [-0.25, -0.2) is 14.0 Å². The summed E-state index contributed by atoms with van der Waals surface area (Å²) in [7, 11) is 0. The van der Waals surface area contributed by atoms with Gasteiger partial charge in [-0.1, -0.05) is 17.7 Å². The summed E-state index contributed by atoms with van der Waals surface area (Å²) in [4.78, 5) is 29.5. The lowest BCUT2D eigenvalue weighted by Gasteiger charge is -2.11. The summed E-state index contributed by atoms with van der Waals surface area (Å²) < 4.78 is 41.1. The van der Waals surface area contributed by atoms with Crippen LogP contribution < -0.4 is 11.0 Å². The lowest BCUT2D eigenvalue weighted by atomic mass is 10.2. The van der Waals surface area contributed by atoms with Gasteiger partial charge in [-0.2, -0.15) is 13.2 Å². The molecule has 0 spiro atoms. The third-order valence-electron chi connectivity index (χ3n) is 5.25. The van der Waals surface area contributed by atoms with Gasteiger partial charge in [-0.3, -0.25) is 9.79 Å². The number of amides is 1. The van der Waals surface area contributed by atoms with E-state index in [4.69, 9.17) is 11.6 Å². The van der Waals surface area contributed by atoms with E-state index in [1.54, 1.807) is 13.0 Å². The molecule has 7 nitrogen and oxygen atoms in total. The van der Waals surface area contributed by atoms with E-state index in [2.05, 4.69) is 22.1 Å². The number of rotatable bonds is 8. The van der Waals surface area contributed by atoms with Gasteiger partial charge in [-0.05, 0) is 63.6 Å². The molecule has 1 unspecified atom stereocenters. The topological polar surface area (TPSA) is 81.3 Å². The second-order valence-electron chi connectivity index (χ2n) is 7.66. The fraction of sp³-hybridized carbons (Fsp3) is 0.364. The number of nitrogens with zero attached hydrogens (tertiary/aromatic N) is 4. The minimum Gasteiger partial charge on any atom is -0.354 e. The number of hydrogen-bond donors (Lipinski definition) is 1. The summed E-state index contributed by atoms with van der Waals surface area (Å²) in [5.41, 5.74) is -1.13. The molecule has 1 heterocycles. The van der Waals surface area contributed by atoms with Crippen LogP contribution in [0.3, 0.4) is 0 Å². The number of nitrogens with one attached hydrogen (secondary N) is 1. The van der Waals surface area contributed by atoms with Crippen LogP contribution in [0.2, 0.25) is 0 Å². The van der Waals surface area contributed by atoms with Crippen LogP contribution in [0.1, 0.15) is 44.1 Å². The van der Waals surface area contributed by atoms with Crippen LogP contribution in [0, 0.1) is 5.92 Å². The van der Waals surface area contributed by atoms with E-state index in [-0.39, 0.29) is 22.5 Å². The van der Waals surface area contributed by atoms with Crippen molar-refractivity contribution < 1.29 is 18.0 Å². The molecule has 0 saturated heterocycles. The summed E-state index contributed by atoms with van der Waals surface area (Å²) >= 11 is 6.29. The normalized spacial score (nSPS) is 15.9. The summed E-state index contributed by atoms with van der Waals surface area (Å²) in [6.45, 7) is 7.04. The molecule has 1 aromatic heterocycles. The molecule has 1 aliphatic rings. The first-order valence-electron chi connectivity index (χ1n) is 10.2. The van der Waals surface area contributed by atoms with E-state index in [1.807, 2.05) is 0 Å². The fourth-order valence-electron chi connectivity index (χ4n) is 3.19. The van der Waals surface area contributed by atoms with Crippen molar-refractivity contribution in [2.24, 2.45) is 10.9 Å². The summed E-state index contributed by atoms with van der Waals surface area (Å²) in [5.74, 6) is 0.112. The van der Waals surface area contributed by atoms with Crippen molar-refractivity contribution in [2.45, 2.75) is 38.9 Å². The minimum atomic E-state index is -4.53.